The van der Waals surface area contributed by atoms with Crippen LogP contribution in [-0.2, 0) is 0 Å². The fraction of sp³-hybridized carbons (Fsp3) is 0.0444. The van der Waals surface area contributed by atoms with Crippen LogP contribution in [0.2, 0.25) is 0 Å². The minimum absolute atomic E-state index is 0.0543. The van der Waals surface area contributed by atoms with Gasteiger partial charge in [0.05, 0.1) is 22.7 Å². The molecule has 7 aromatic rings. The zero-order chi connectivity index (χ0) is 32.3. The highest BCUT2D eigenvalue weighted by atomic mass is 16.3. The fourth-order valence-electron chi connectivity index (χ4n) is 7.49. The molecule has 2 N–H and O–H groups in total. The van der Waals surface area contributed by atoms with Gasteiger partial charge in [0.15, 0.2) is 0 Å². The molecule has 0 fully saturated rings. The Hall–Kier alpha value is -6.39. The smallest absolute Gasteiger partial charge is 0.145 e. The molecule has 0 amide bonds. The monoisotopic (exact) mass is 629 g/mol. The minimum atomic E-state index is -0.235. The second-order valence-electron chi connectivity index (χ2n) is 12.8. The quantitative estimate of drug-likeness (QED) is 0.193. The Morgan fingerprint density at radius 3 is 2.27 bits per heavy atom. The average Bonchev–Trinajstić information content (AvgIpc) is 3.57. The zero-order valence-corrected chi connectivity index (χ0v) is 26.6. The summed E-state index contributed by atoms with van der Waals surface area (Å²) in [6.07, 6.45) is 10.5. The normalized spacial score (nSPS) is 18.1. The summed E-state index contributed by atoms with van der Waals surface area (Å²) >= 11 is 0. The van der Waals surface area contributed by atoms with Gasteiger partial charge in [0.1, 0.15) is 17.2 Å². The van der Waals surface area contributed by atoms with Crippen molar-refractivity contribution < 1.29 is 4.42 Å². The van der Waals surface area contributed by atoms with E-state index >= 15 is 0 Å². The molecule has 232 valence electrons. The molecule has 2 atom stereocenters. The van der Waals surface area contributed by atoms with Crippen molar-refractivity contribution in [2.45, 2.75) is 12.2 Å². The summed E-state index contributed by atoms with van der Waals surface area (Å²) in [6, 6.07) is 47.3. The van der Waals surface area contributed by atoms with Crippen LogP contribution in [0.15, 0.2) is 173 Å². The molecule has 3 heterocycles. The van der Waals surface area contributed by atoms with E-state index in [9.17, 15) is 0 Å². The van der Waals surface area contributed by atoms with Crippen molar-refractivity contribution in [1.82, 2.24) is 10.6 Å². The van der Waals surface area contributed by atoms with Crippen LogP contribution in [0.5, 0.6) is 0 Å². The minimum Gasteiger partial charge on any atom is -0.456 e. The molecule has 6 aromatic carbocycles. The number of furan rings is 1. The maximum atomic E-state index is 6.66. The third-order valence-electron chi connectivity index (χ3n) is 9.90. The van der Waals surface area contributed by atoms with Gasteiger partial charge in [-0.3, -0.25) is 4.99 Å². The summed E-state index contributed by atoms with van der Waals surface area (Å²) in [6.45, 7) is 0. The van der Waals surface area contributed by atoms with Gasteiger partial charge in [-0.1, -0.05) is 133 Å². The Morgan fingerprint density at radius 1 is 0.592 bits per heavy atom. The van der Waals surface area contributed by atoms with E-state index in [4.69, 9.17) is 9.41 Å². The number of fused-ring (bicyclic) bond motifs is 7. The maximum absolute atomic E-state index is 6.66. The first kappa shape index (κ1) is 27.7. The first-order valence-electron chi connectivity index (χ1n) is 16.8. The van der Waals surface area contributed by atoms with Gasteiger partial charge in [-0.2, -0.15) is 0 Å². The number of rotatable bonds is 4. The number of benzene rings is 6. The van der Waals surface area contributed by atoms with Gasteiger partial charge in [-0.05, 0) is 68.6 Å². The van der Waals surface area contributed by atoms with Crippen LogP contribution in [0.25, 0.3) is 49.5 Å². The van der Waals surface area contributed by atoms with Crippen molar-refractivity contribution in [1.29, 1.82) is 0 Å². The zero-order valence-electron chi connectivity index (χ0n) is 26.6. The van der Waals surface area contributed by atoms with E-state index in [0.717, 1.165) is 66.5 Å². The largest absolute Gasteiger partial charge is 0.456 e. The molecule has 2 aliphatic heterocycles. The highest BCUT2D eigenvalue weighted by Gasteiger charge is 2.25. The van der Waals surface area contributed by atoms with Crippen molar-refractivity contribution in [3.8, 4) is 0 Å². The lowest BCUT2D eigenvalue weighted by Crippen LogP contribution is -2.44. The van der Waals surface area contributed by atoms with E-state index in [0.29, 0.717) is 0 Å². The third kappa shape index (κ3) is 4.64. The molecule has 0 spiro atoms. The molecule has 0 radical (unpaired) electrons. The Kier molecular flexibility index (Phi) is 6.28. The molecular weight excluding hydrogens is 599 g/mol. The number of hydrogen-bond acceptors (Lipinski definition) is 4. The highest BCUT2D eigenvalue weighted by Crippen LogP contribution is 2.32. The molecule has 10 rings (SSSR count). The van der Waals surface area contributed by atoms with Gasteiger partial charge in [-0.15, -0.1) is 0 Å². The number of allylic oxidation sites excluding steroid dienone is 3. The van der Waals surface area contributed by atoms with Crippen LogP contribution in [0.3, 0.4) is 0 Å². The number of nitrogens with zero attached hydrogens (tertiary/aromatic N) is 1. The lowest BCUT2D eigenvalue weighted by Gasteiger charge is -2.25. The van der Waals surface area contributed by atoms with E-state index in [-0.39, 0.29) is 12.2 Å². The lowest BCUT2D eigenvalue weighted by molar-refractivity contribution is 0.564. The molecule has 4 heteroatoms. The number of nitrogens with one attached hydrogen (secondary N) is 2. The van der Waals surface area contributed by atoms with E-state index in [1.165, 1.54) is 21.5 Å². The molecule has 3 aliphatic rings. The standard InChI is InChI=1S/C45H31N3O/c1-3-12-29(13-4-1)43-42-37-26-33(22-24-41(37)49-44(42)36-17-9-10-18-38(36)46-43)40-27-39(47-45(48-40)30-14-5-2-6-15-30)32-21-23-35-31(25-32)20-19-28-11-7-8-16-34(28)35/h1-27,38,45-47H. The van der Waals surface area contributed by atoms with Gasteiger partial charge in [0, 0.05) is 22.2 Å². The molecule has 49 heavy (non-hydrogen) atoms. The number of hydrogen-bond donors (Lipinski definition) is 2. The molecule has 4 nitrogen and oxygen atoms in total. The first-order chi connectivity index (χ1) is 24.3. The molecule has 1 aromatic heterocycles. The van der Waals surface area contributed by atoms with Gasteiger partial charge in [0.25, 0.3) is 0 Å². The molecule has 0 saturated heterocycles. The Balaban J connectivity index is 1.16. The van der Waals surface area contributed by atoms with Crippen molar-refractivity contribution in [2.75, 3.05) is 0 Å². The summed E-state index contributed by atoms with van der Waals surface area (Å²) in [5.41, 5.74) is 10.4. The van der Waals surface area contributed by atoms with E-state index in [2.05, 4.69) is 168 Å². The fourth-order valence-corrected chi connectivity index (χ4v) is 7.49. The van der Waals surface area contributed by atoms with Gasteiger partial charge in [0.2, 0.25) is 0 Å². The first-order valence-corrected chi connectivity index (χ1v) is 16.8. The summed E-state index contributed by atoms with van der Waals surface area (Å²) in [4.78, 5) is 5.30. The second kappa shape index (κ2) is 11.1. The molecule has 0 saturated carbocycles. The highest BCUT2D eigenvalue weighted by molar-refractivity contribution is 6.15. The summed E-state index contributed by atoms with van der Waals surface area (Å²) in [7, 11) is 0. The topological polar surface area (TPSA) is 49.6 Å². The van der Waals surface area contributed by atoms with Crippen LogP contribution in [-0.4, -0.2) is 11.8 Å². The van der Waals surface area contributed by atoms with Gasteiger partial charge in [-0.25, -0.2) is 0 Å². The van der Waals surface area contributed by atoms with E-state index in [1.54, 1.807) is 0 Å². The Labute approximate surface area is 283 Å². The predicted molar refractivity (Wildman–Crippen MR) is 201 cm³/mol. The number of aliphatic imine (C=N–C) groups is 1. The van der Waals surface area contributed by atoms with E-state index < -0.39 is 0 Å². The summed E-state index contributed by atoms with van der Waals surface area (Å²) < 4.78 is 6.66. The summed E-state index contributed by atoms with van der Waals surface area (Å²) in [5, 5.41) is 14.7. The molecule has 0 bridgehead atoms. The van der Waals surface area contributed by atoms with Crippen molar-refractivity contribution >= 4 is 55.2 Å². The van der Waals surface area contributed by atoms with Crippen LogP contribution >= 0.6 is 0 Å². The van der Waals surface area contributed by atoms with E-state index in [1.807, 2.05) is 6.07 Å². The Morgan fingerprint density at radius 2 is 1.37 bits per heavy atom. The van der Waals surface area contributed by atoms with Crippen molar-refractivity contribution in [3.63, 3.8) is 0 Å². The van der Waals surface area contributed by atoms with Gasteiger partial charge < -0.3 is 15.1 Å². The SMILES string of the molecule is C1=CC2=c3oc4ccc(C5=NC(c6ccccc6)NC(c6ccc7c(ccc8ccccc87)c6)=C5)cc4c3=C(c3ccccc3)NC2C=C1. The molecule has 1 aliphatic carbocycles. The maximum Gasteiger partial charge on any atom is 0.145 e. The van der Waals surface area contributed by atoms with Crippen LogP contribution in [0.1, 0.15) is 28.4 Å². The van der Waals surface area contributed by atoms with Crippen LogP contribution < -0.4 is 21.3 Å². The molecule has 2 unspecified atom stereocenters. The van der Waals surface area contributed by atoms with Crippen molar-refractivity contribution in [3.05, 3.63) is 197 Å². The van der Waals surface area contributed by atoms with Crippen LogP contribution in [0, 0.1) is 0 Å². The third-order valence-corrected chi connectivity index (χ3v) is 9.90. The predicted octanol–water partition coefficient (Wildman–Crippen LogP) is 8.28. The van der Waals surface area contributed by atoms with Crippen LogP contribution in [0.4, 0.5) is 0 Å². The second-order valence-corrected chi connectivity index (χ2v) is 12.8. The average molecular weight is 630 g/mol. The van der Waals surface area contributed by atoms with Crippen molar-refractivity contribution in [2.24, 2.45) is 4.99 Å². The Bertz CT molecular complexity index is 2710. The summed E-state index contributed by atoms with van der Waals surface area (Å²) in [5.74, 6) is 0. The lowest BCUT2D eigenvalue weighted by atomic mass is 9.94. The molecular formula is C45H31N3O. The van der Waals surface area contributed by atoms with Gasteiger partial charge >= 0.3 is 0 Å².